The lowest BCUT2D eigenvalue weighted by molar-refractivity contribution is -0.140. The highest BCUT2D eigenvalue weighted by molar-refractivity contribution is 7.18. The molecule has 1 fully saturated rings. The van der Waals surface area contributed by atoms with Gasteiger partial charge in [0.15, 0.2) is 6.10 Å². The van der Waals surface area contributed by atoms with E-state index in [1.807, 2.05) is 66.2 Å². The van der Waals surface area contributed by atoms with Crippen LogP contribution in [0, 0.1) is 0 Å². The fraction of sp³-hybridized carbons (Fsp3) is 0.423. The first-order valence-corrected chi connectivity index (χ1v) is 12.7. The van der Waals surface area contributed by atoms with E-state index in [1.54, 1.807) is 16.2 Å². The third kappa shape index (κ3) is 4.46. The Labute approximate surface area is 203 Å². The molecule has 2 amide bonds. The molecule has 3 aromatic rings. The topological polar surface area (TPSA) is 66.0 Å². The Bertz CT molecular complexity index is 1160. The second-order valence-corrected chi connectivity index (χ2v) is 10.1. The van der Waals surface area contributed by atoms with E-state index < -0.39 is 6.10 Å². The Hall–Kier alpha value is -3.13. The molecule has 2 aliphatic rings. The molecule has 0 unspecified atom stereocenters. The average molecular weight is 479 g/mol. The molecule has 2 aliphatic heterocycles. The second-order valence-electron chi connectivity index (χ2n) is 9.04. The fourth-order valence-electron chi connectivity index (χ4n) is 4.63. The molecule has 1 aromatic heterocycles. The number of amides is 2. The zero-order chi connectivity index (χ0) is 23.7. The van der Waals surface area contributed by atoms with Gasteiger partial charge in [0.2, 0.25) is 5.91 Å². The zero-order valence-electron chi connectivity index (χ0n) is 19.6. The van der Waals surface area contributed by atoms with Crippen molar-refractivity contribution >= 4 is 39.1 Å². The van der Waals surface area contributed by atoms with E-state index in [-0.39, 0.29) is 24.4 Å². The predicted molar refractivity (Wildman–Crippen MR) is 134 cm³/mol. The van der Waals surface area contributed by atoms with Crippen LogP contribution in [-0.2, 0) is 9.59 Å². The van der Waals surface area contributed by atoms with Gasteiger partial charge in [0.05, 0.1) is 35.0 Å². The maximum Gasteiger partial charge on any atom is 0.265 e. The number of likely N-dealkylation sites (tertiary alicyclic amines) is 1. The van der Waals surface area contributed by atoms with Crippen molar-refractivity contribution in [3.05, 3.63) is 53.5 Å². The Balaban J connectivity index is 1.32. The fourth-order valence-corrected chi connectivity index (χ4v) is 5.69. The van der Waals surface area contributed by atoms with E-state index in [0.717, 1.165) is 53.3 Å². The van der Waals surface area contributed by atoms with Crippen LogP contribution in [0.1, 0.15) is 37.2 Å². The molecule has 1 saturated heterocycles. The van der Waals surface area contributed by atoms with Crippen molar-refractivity contribution in [1.82, 2.24) is 14.8 Å². The highest BCUT2D eigenvalue weighted by Crippen LogP contribution is 2.34. The van der Waals surface area contributed by atoms with Crippen LogP contribution in [0.3, 0.4) is 0 Å². The van der Waals surface area contributed by atoms with Crippen LogP contribution < -0.4 is 9.64 Å². The van der Waals surface area contributed by atoms with Crippen LogP contribution in [-0.4, -0.2) is 65.9 Å². The molecule has 3 heterocycles. The standard InChI is InChI=1S/C26H30N4O3S/c1-18(25-27-19-10-4-7-13-23(19)34-25)28(2)24(31)17-30-16-22(26(32)29-14-8-3-9-15-29)33-21-12-6-5-11-20(21)30/h4-7,10-13,18,22H,3,8-9,14-17H2,1-2H3/t18-,22+/m0/s1. The minimum Gasteiger partial charge on any atom is -0.477 e. The first-order chi connectivity index (χ1) is 16.5. The highest BCUT2D eigenvalue weighted by atomic mass is 32.1. The van der Waals surface area contributed by atoms with Gasteiger partial charge in [0, 0.05) is 20.1 Å². The summed E-state index contributed by atoms with van der Waals surface area (Å²) in [6.07, 6.45) is 2.63. The maximum absolute atomic E-state index is 13.4. The van der Waals surface area contributed by atoms with Crippen molar-refractivity contribution in [3.63, 3.8) is 0 Å². The lowest BCUT2D eigenvalue weighted by atomic mass is 10.1. The van der Waals surface area contributed by atoms with Gasteiger partial charge in [-0.2, -0.15) is 0 Å². The number of rotatable bonds is 5. The number of aromatic nitrogens is 1. The van der Waals surface area contributed by atoms with Gasteiger partial charge in [-0.15, -0.1) is 11.3 Å². The van der Waals surface area contributed by atoms with Crippen molar-refractivity contribution < 1.29 is 14.3 Å². The van der Waals surface area contributed by atoms with Gasteiger partial charge < -0.3 is 19.4 Å². The molecule has 0 saturated carbocycles. The lowest BCUT2D eigenvalue weighted by Gasteiger charge is -2.38. The molecule has 0 aliphatic carbocycles. The molecule has 8 heteroatoms. The molecular weight excluding hydrogens is 448 g/mol. The number of thiazole rings is 1. The second kappa shape index (κ2) is 9.62. The number of carbonyl (C=O) groups is 2. The molecule has 0 radical (unpaired) electrons. The minimum atomic E-state index is -0.604. The van der Waals surface area contributed by atoms with Crippen molar-refractivity contribution in [2.45, 2.75) is 38.3 Å². The van der Waals surface area contributed by atoms with Gasteiger partial charge in [0.25, 0.3) is 5.91 Å². The van der Waals surface area contributed by atoms with Crippen LogP contribution in [0.25, 0.3) is 10.2 Å². The number of piperidine rings is 1. The van der Waals surface area contributed by atoms with Crippen LogP contribution >= 0.6 is 11.3 Å². The number of hydrogen-bond donors (Lipinski definition) is 0. The Morgan fingerprint density at radius 2 is 1.85 bits per heavy atom. The molecule has 178 valence electrons. The normalized spacial score (nSPS) is 18.8. The number of carbonyl (C=O) groups excluding carboxylic acids is 2. The summed E-state index contributed by atoms with van der Waals surface area (Å²) in [6, 6.07) is 15.5. The van der Waals surface area contributed by atoms with Gasteiger partial charge in [0.1, 0.15) is 10.8 Å². The lowest BCUT2D eigenvalue weighted by Crippen LogP contribution is -2.53. The molecule has 0 N–H and O–H groups in total. The smallest absolute Gasteiger partial charge is 0.265 e. The van der Waals surface area contributed by atoms with Gasteiger partial charge in [-0.3, -0.25) is 9.59 Å². The van der Waals surface area contributed by atoms with E-state index in [1.165, 1.54) is 0 Å². The summed E-state index contributed by atoms with van der Waals surface area (Å²) in [5.74, 6) is 0.647. The van der Waals surface area contributed by atoms with Gasteiger partial charge in [-0.05, 0) is 50.5 Å². The van der Waals surface area contributed by atoms with Crippen molar-refractivity contribution in [2.24, 2.45) is 0 Å². The molecule has 7 nitrogen and oxygen atoms in total. The van der Waals surface area contributed by atoms with Crippen LogP contribution in [0.2, 0.25) is 0 Å². The third-order valence-electron chi connectivity index (χ3n) is 6.77. The van der Waals surface area contributed by atoms with Gasteiger partial charge in [-0.1, -0.05) is 24.3 Å². The minimum absolute atomic E-state index is 0.0165. The zero-order valence-corrected chi connectivity index (χ0v) is 20.5. The number of ether oxygens (including phenoxy) is 1. The van der Waals surface area contributed by atoms with Crippen LogP contribution in [0.4, 0.5) is 5.69 Å². The van der Waals surface area contributed by atoms with Crippen LogP contribution in [0.15, 0.2) is 48.5 Å². The van der Waals surface area contributed by atoms with E-state index in [9.17, 15) is 9.59 Å². The largest absolute Gasteiger partial charge is 0.477 e. The average Bonchev–Trinajstić information content (AvgIpc) is 3.32. The van der Waals surface area contributed by atoms with Gasteiger partial charge >= 0.3 is 0 Å². The summed E-state index contributed by atoms with van der Waals surface area (Å²) < 4.78 is 7.22. The monoisotopic (exact) mass is 478 g/mol. The Morgan fingerprint density at radius 1 is 1.12 bits per heavy atom. The van der Waals surface area contributed by atoms with Crippen molar-refractivity contribution in [1.29, 1.82) is 0 Å². The summed E-state index contributed by atoms with van der Waals surface area (Å²) in [5, 5.41) is 0.914. The summed E-state index contributed by atoms with van der Waals surface area (Å²) in [6.45, 7) is 4.10. The van der Waals surface area contributed by atoms with Crippen molar-refractivity contribution in [2.75, 3.05) is 38.1 Å². The number of nitrogens with zero attached hydrogens (tertiary/aromatic N) is 4. The Morgan fingerprint density at radius 3 is 2.65 bits per heavy atom. The molecule has 34 heavy (non-hydrogen) atoms. The van der Waals surface area contributed by atoms with Crippen LogP contribution in [0.5, 0.6) is 5.75 Å². The highest BCUT2D eigenvalue weighted by Gasteiger charge is 2.35. The van der Waals surface area contributed by atoms with E-state index >= 15 is 0 Å². The number of fused-ring (bicyclic) bond motifs is 2. The number of hydrogen-bond acceptors (Lipinski definition) is 6. The first-order valence-electron chi connectivity index (χ1n) is 11.9. The first kappa shape index (κ1) is 22.7. The quantitative estimate of drug-likeness (QED) is 0.553. The molecule has 0 spiro atoms. The SMILES string of the molecule is C[C@@H](c1nc2ccccc2s1)N(C)C(=O)CN1C[C@H](C(=O)N2CCCCC2)Oc2ccccc21. The summed E-state index contributed by atoms with van der Waals surface area (Å²) in [4.78, 5) is 36.9. The van der Waals surface area contributed by atoms with E-state index in [2.05, 4.69) is 6.07 Å². The maximum atomic E-state index is 13.4. The van der Waals surface area contributed by atoms with Gasteiger partial charge in [-0.25, -0.2) is 4.98 Å². The number of likely N-dealkylation sites (N-methyl/N-ethyl adjacent to an activating group) is 1. The molecule has 2 aromatic carbocycles. The molecule has 0 bridgehead atoms. The number of anilines is 1. The summed E-state index contributed by atoms with van der Waals surface area (Å²) in [5.41, 5.74) is 1.80. The number of para-hydroxylation sites is 3. The predicted octanol–water partition coefficient (Wildman–Crippen LogP) is 4.10. The molecule has 5 rings (SSSR count). The van der Waals surface area contributed by atoms with E-state index in [4.69, 9.17) is 9.72 Å². The van der Waals surface area contributed by atoms with E-state index in [0.29, 0.717) is 12.3 Å². The number of benzene rings is 2. The van der Waals surface area contributed by atoms with Crippen molar-refractivity contribution in [3.8, 4) is 5.75 Å². The third-order valence-corrected chi connectivity index (χ3v) is 7.98. The molecule has 2 atom stereocenters. The summed E-state index contributed by atoms with van der Waals surface area (Å²) in [7, 11) is 1.82. The Kier molecular flexibility index (Phi) is 6.41. The summed E-state index contributed by atoms with van der Waals surface area (Å²) >= 11 is 1.62. The molecular formula is C26H30N4O3S.